The standard InChI is InChI=1S/C6H5BrN2O/c1-4(10)5-2-8-3-6(7)9-5/h2-3H,1H3/i2D,3D. The monoisotopic (exact) mass is 202 g/mol. The lowest BCUT2D eigenvalue weighted by molar-refractivity contribution is 0.101. The van der Waals surface area contributed by atoms with Gasteiger partial charge in [0.25, 0.3) is 0 Å². The molecule has 1 heterocycles. The van der Waals surface area contributed by atoms with Crippen molar-refractivity contribution < 1.29 is 7.54 Å². The van der Waals surface area contributed by atoms with Crippen molar-refractivity contribution in [2.75, 3.05) is 0 Å². The van der Waals surface area contributed by atoms with Gasteiger partial charge in [0.2, 0.25) is 0 Å². The number of hydrogen-bond donors (Lipinski definition) is 0. The number of ketones is 1. The molecule has 1 aromatic heterocycles. The zero-order valence-electron chi connectivity index (χ0n) is 7.18. The average Bonchev–Trinajstić information content (AvgIpc) is 1.96. The number of aromatic nitrogens is 2. The highest BCUT2D eigenvalue weighted by atomic mass is 79.9. The van der Waals surface area contributed by atoms with Gasteiger partial charge in [-0.1, -0.05) is 0 Å². The quantitative estimate of drug-likeness (QED) is 0.648. The fourth-order valence-corrected chi connectivity index (χ4v) is 0.699. The molecule has 0 amide bonds. The molecular weight excluding hydrogens is 196 g/mol. The second-order valence-electron chi connectivity index (χ2n) is 1.64. The molecule has 1 aromatic rings. The first-order valence-corrected chi connectivity index (χ1v) is 3.33. The Morgan fingerprint density at radius 1 is 1.80 bits per heavy atom. The summed E-state index contributed by atoms with van der Waals surface area (Å²) in [5, 5.41) is 0. The van der Waals surface area contributed by atoms with Crippen molar-refractivity contribution >= 4 is 21.7 Å². The molecule has 0 N–H and O–H groups in total. The van der Waals surface area contributed by atoms with E-state index in [-0.39, 0.29) is 28.4 Å². The molecule has 52 valence electrons. The Morgan fingerprint density at radius 2 is 2.50 bits per heavy atom. The molecule has 0 bridgehead atoms. The highest BCUT2D eigenvalue weighted by Crippen LogP contribution is 2.03. The minimum atomic E-state index is -0.326. The van der Waals surface area contributed by atoms with E-state index in [0.29, 0.717) is 0 Å². The van der Waals surface area contributed by atoms with Gasteiger partial charge in [-0.15, -0.1) is 0 Å². The Labute approximate surface area is 69.4 Å². The van der Waals surface area contributed by atoms with Crippen molar-refractivity contribution in [2.24, 2.45) is 0 Å². The fourth-order valence-electron chi connectivity index (χ4n) is 0.433. The van der Waals surface area contributed by atoms with E-state index in [1.807, 2.05) is 0 Å². The topological polar surface area (TPSA) is 42.9 Å². The summed E-state index contributed by atoms with van der Waals surface area (Å²) in [6, 6.07) is 0. The Hall–Kier alpha value is -0.770. The van der Waals surface area contributed by atoms with E-state index in [0.717, 1.165) is 0 Å². The summed E-state index contributed by atoms with van der Waals surface area (Å²) in [6.45, 7) is 1.30. The van der Waals surface area contributed by atoms with Crippen molar-refractivity contribution in [2.45, 2.75) is 6.92 Å². The van der Waals surface area contributed by atoms with Crippen LogP contribution in [-0.4, -0.2) is 15.8 Å². The molecule has 3 nitrogen and oxygen atoms in total. The fraction of sp³-hybridized carbons (Fsp3) is 0.167. The lowest BCUT2D eigenvalue weighted by atomic mass is 10.3. The molecule has 0 fully saturated rings. The Kier molecular flexibility index (Phi) is 1.43. The van der Waals surface area contributed by atoms with E-state index in [1.54, 1.807) is 0 Å². The Bertz CT molecular complexity index is 343. The molecule has 0 saturated carbocycles. The Balaban J connectivity index is 3.33. The van der Waals surface area contributed by atoms with Crippen LogP contribution in [0.3, 0.4) is 0 Å². The zero-order chi connectivity index (χ0) is 9.30. The van der Waals surface area contributed by atoms with Crippen LogP contribution in [0.4, 0.5) is 0 Å². The van der Waals surface area contributed by atoms with Crippen molar-refractivity contribution in [3.05, 3.63) is 22.6 Å². The van der Waals surface area contributed by atoms with Gasteiger partial charge in [0.1, 0.15) is 10.3 Å². The minimum absolute atomic E-state index is 0.0159. The summed E-state index contributed by atoms with van der Waals surface area (Å²) in [7, 11) is 0. The number of carbonyl (C=O) groups excluding carboxylic acids is 1. The molecule has 1 rings (SSSR count). The molecule has 0 atom stereocenters. The first-order chi connectivity index (χ1) is 5.52. The van der Waals surface area contributed by atoms with E-state index >= 15 is 0 Å². The molecule has 0 aliphatic carbocycles. The SMILES string of the molecule is [2H]c1nc([2H])c(C(C)=O)nc1Br. The normalized spacial score (nSPS) is 12.2. The number of hydrogen-bond acceptors (Lipinski definition) is 3. The highest BCUT2D eigenvalue weighted by Gasteiger charge is 1.99. The summed E-state index contributed by atoms with van der Waals surface area (Å²) < 4.78 is 14.5. The van der Waals surface area contributed by atoms with Crippen molar-refractivity contribution in [3.63, 3.8) is 0 Å². The molecule has 0 aliphatic rings. The smallest absolute Gasteiger partial charge is 0.179 e. The van der Waals surface area contributed by atoms with E-state index in [9.17, 15) is 4.79 Å². The van der Waals surface area contributed by atoms with Crippen molar-refractivity contribution in [1.29, 1.82) is 0 Å². The molecule has 0 unspecified atom stereocenters. The molecule has 10 heavy (non-hydrogen) atoms. The van der Waals surface area contributed by atoms with Crippen molar-refractivity contribution in [1.82, 2.24) is 9.97 Å². The van der Waals surface area contributed by atoms with Crippen LogP contribution < -0.4 is 0 Å². The number of nitrogens with zero attached hydrogens (tertiary/aromatic N) is 2. The van der Waals surface area contributed by atoms with Crippen LogP contribution in [0.1, 0.15) is 20.2 Å². The van der Waals surface area contributed by atoms with E-state index in [2.05, 4.69) is 25.9 Å². The average molecular weight is 203 g/mol. The van der Waals surface area contributed by atoms with Crippen molar-refractivity contribution in [3.8, 4) is 0 Å². The number of rotatable bonds is 1. The van der Waals surface area contributed by atoms with Gasteiger partial charge in [0.15, 0.2) is 5.78 Å². The van der Waals surface area contributed by atoms with E-state index < -0.39 is 0 Å². The number of carbonyl (C=O) groups is 1. The molecule has 0 aliphatic heterocycles. The predicted molar refractivity (Wildman–Crippen MR) is 39.7 cm³/mol. The number of halogens is 1. The molecule has 0 radical (unpaired) electrons. The van der Waals surface area contributed by atoms with Crippen LogP contribution in [0.2, 0.25) is 0 Å². The second kappa shape index (κ2) is 2.88. The molecular formula is C6H5BrN2O. The van der Waals surface area contributed by atoms with Gasteiger partial charge in [0, 0.05) is 6.92 Å². The predicted octanol–water partition coefficient (Wildman–Crippen LogP) is 1.44. The lowest BCUT2D eigenvalue weighted by Gasteiger charge is -1.91. The largest absolute Gasteiger partial charge is 0.293 e. The summed E-state index contributed by atoms with van der Waals surface area (Å²) in [6.07, 6.45) is -0.388. The van der Waals surface area contributed by atoms with Gasteiger partial charge >= 0.3 is 0 Å². The number of Topliss-reactive ketones (excluding diaryl/α,β-unsaturated/α-hetero) is 1. The summed E-state index contributed by atoms with van der Waals surface area (Å²) in [5.41, 5.74) is -0.0159. The minimum Gasteiger partial charge on any atom is -0.293 e. The third-order valence-corrected chi connectivity index (χ3v) is 1.21. The van der Waals surface area contributed by atoms with E-state index in [1.165, 1.54) is 6.92 Å². The maximum Gasteiger partial charge on any atom is 0.179 e. The molecule has 4 heteroatoms. The van der Waals surface area contributed by atoms with Gasteiger partial charge in [-0.2, -0.15) is 0 Å². The Morgan fingerprint density at radius 3 is 3.10 bits per heavy atom. The first kappa shape index (κ1) is 4.96. The molecule has 0 spiro atoms. The second-order valence-corrected chi connectivity index (χ2v) is 2.39. The van der Waals surface area contributed by atoms with Gasteiger partial charge < -0.3 is 0 Å². The zero-order valence-corrected chi connectivity index (χ0v) is 6.77. The van der Waals surface area contributed by atoms with Crippen LogP contribution in [-0.2, 0) is 0 Å². The van der Waals surface area contributed by atoms with E-state index in [4.69, 9.17) is 2.74 Å². The lowest BCUT2D eigenvalue weighted by Crippen LogP contribution is -1.96. The van der Waals surface area contributed by atoms with Gasteiger partial charge in [-0.05, 0) is 15.9 Å². The summed E-state index contributed by atoms with van der Waals surface area (Å²) in [5.74, 6) is -0.326. The summed E-state index contributed by atoms with van der Waals surface area (Å²) in [4.78, 5) is 18.0. The molecule has 0 saturated heterocycles. The third kappa shape index (κ3) is 1.60. The van der Waals surface area contributed by atoms with Crippen LogP contribution in [0, 0.1) is 0 Å². The van der Waals surface area contributed by atoms with Crippen LogP contribution in [0.15, 0.2) is 16.9 Å². The highest BCUT2D eigenvalue weighted by molar-refractivity contribution is 9.10. The first-order valence-electron chi connectivity index (χ1n) is 3.54. The third-order valence-electron chi connectivity index (χ3n) is 0.853. The van der Waals surface area contributed by atoms with Gasteiger partial charge in [-0.25, -0.2) is 4.98 Å². The maximum absolute atomic E-state index is 10.8. The summed E-state index contributed by atoms with van der Waals surface area (Å²) >= 11 is 2.95. The van der Waals surface area contributed by atoms with Gasteiger partial charge in [0.05, 0.1) is 15.1 Å². The molecule has 0 aromatic carbocycles. The maximum atomic E-state index is 10.8. The van der Waals surface area contributed by atoms with Gasteiger partial charge in [-0.3, -0.25) is 9.78 Å². The van der Waals surface area contributed by atoms with Crippen LogP contribution >= 0.6 is 15.9 Å². The van der Waals surface area contributed by atoms with Crippen LogP contribution in [0.5, 0.6) is 0 Å². The van der Waals surface area contributed by atoms with Crippen LogP contribution in [0.25, 0.3) is 0 Å².